The average Bonchev–Trinajstić information content (AvgIpc) is 2.80. The van der Waals surface area contributed by atoms with Gasteiger partial charge in [0.05, 0.1) is 17.6 Å². The molecule has 1 aromatic carbocycles. The van der Waals surface area contributed by atoms with E-state index < -0.39 is 17.2 Å². The van der Waals surface area contributed by atoms with E-state index in [-0.39, 0.29) is 23.3 Å². The smallest absolute Gasteiger partial charge is 0.301 e. The molecular weight excluding hydrogens is 418 g/mol. The molecule has 4 rings (SSSR count). The molecule has 0 aliphatic rings. The minimum atomic E-state index is -0.516. The molecule has 0 radical (unpaired) electrons. The number of hydrogen-bond donors (Lipinski definition) is 0. The average molecular weight is 436 g/mol. The maximum absolute atomic E-state index is 13.5. The lowest BCUT2D eigenvalue weighted by molar-refractivity contribution is 0.0980. The van der Waals surface area contributed by atoms with Crippen molar-refractivity contribution in [2.45, 2.75) is 6.54 Å². The van der Waals surface area contributed by atoms with E-state index in [1.807, 2.05) is 12.1 Å². The first kappa shape index (κ1) is 20.5. The van der Waals surface area contributed by atoms with Crippen molar-refractivity contribution in [3.63, 3.8) is 0 Å². The van der Waals surface area contributed by atoms with Gasteiger partial charge in [0, 0.05) is 31.0 Å². The van der Waals surface area contributed by atoms with Gasteiger partial charge in [0.1, 0.15) is 11.3 Å². The highest BCUT2D eigenvalue weighted by molar-refractivity contribution is 6.30. The molecule has 0 saturated carbocycles. The molecule has 0 saturated heterocycles. The van der Waals surface area contributed by atoms with Gasteiger partial charge in [-0.2, -0.15) is 0 Å². The summed E-state index contributed by atoms with van der Waals surface area (Å²) in [5, 5.41) is 0.799. The van der Waals surface area contributed by atoms with Crippen molar-refractivity contribution in [3.8, 4) is 0 Å². The Bertz CT molecular complexity index is 1400. The van der Waals surface area contributed by atoms with Crippen LogP contribution in [0.5, 0.6) is 0 Å². The first-order valence-electron chi connectivity index (χ1n) is 9.41. The van der Waals surface area contributed by atoms with Gasteiger partial charge in [-0.1, -0.05) is 17.7 Å². The molecule has 156 valence electrons. The second kappa shape index (κ2) is 8.16. The Labute approximate surface area is 182 Å². The number of carbonyl (C=O) groups is 1. The molecule has 8 nitrogen and oxygen atoms in total. The van der Waals surface area contributed by atoms with Crippen LogP contribution in [0, 0.1) is 0 Å². The SMILES string of the molecule is Cn1c(=O)c2ccc(C(=O)N(Cc3ccccn3)c3ccc(Cl)cc3)nc2n(C)c1=O. The van der Waals surface area contributed by atoms with Gasteiger partial charge in [0.25, 0.3) is 11.5 Å². The highest BCUT2D eigenvalue weighted by Crippen LogP contribution is 2.22. The summed E-state index contributed by atoms with van der Waals surface area (Å²) in [6, 6.07) is 15.3. The van der Waals surface area contributed by atoms with Crippen LogP contribution < -0.4 is 16.1 Å². The Hall–Kier alpha value is -3.78. The van der Waals surface area contributed by atoms with Crippen LogP contribution in [-0.2, 0) is 20.6 Å². The van der Waals surface area contributed by atoms with Crippen LogP contribution >= 0.6 is 11.6 Å². The summed E-state index contributed by atoms with van der Waals surface area (Å²) in [7, 11) is 2.91. The number of carbonyl (C=O) groups excluding carboxylic acids is 1. The van der Waals surface area contributed by atoms with Gasteiger partial charge >= 0.3 is 5.69 Å². The second-order valence-electron chi connectivity index (χ2n) is 6.96. The third-order valence-corrected chi connectivity index (χ3v) is 5.20. The van der Waals surface area contributed by atoms with E-state index in [9.17, 15) is 14.4 Å². The minimum Gasteiger partial charge on any atom is -0.301 e. The molecule has 1 amide bonds. The summed E-state index contributed by atoms with van der Waals surface area (Å²) in [5.74, 6) is -0.400. The summed E-state index contributed by atoms with van der Waals surface area (Å²) in [5.41, 5.74) is 0.562. The van der Waals surface area contributed by atoms with E-state index in [0.29, 0.717) is 16.4 Å². The number of fused-ring (bicyclic) bond motifs is 1. The predicted molar refractivity (Wildman–Crippen MR) is 118 cm³/mol. The molecule has 0 unspecified atom stereocenters. The lowest BCUT2D eigenvalue weighted by Crippen LogP contribution is -2.38. The van der Waals surface area contributed by atoms with Crippen LogP contribution in [0.25, 0.3) is 11.0 Å². The summed E-state index contributed by atoms with van der Waals surface area (Å²) >= 11 is 6.01. The van der Waals surface area contributed by atoms with E-state index >= 15 is 0 Å². The van der Waals surface area contributed by atoms with Crippen molar-refractivity contribution >= 4 is 34.2 Å². The van der Waals surface area contributed by atoms with Gasteiger partial charge in [0.2, 0.25) is 0 Å². The first-order chi connectivity index (χ1) is 14.9. The van der Waals surface area contributed by atoms with Crippen LogP contribution in [0.3, 0.4) is 0 Å². The van der Waals surface area contributed by atoms with Crippen molar-refractivity contribution in [3.05, 3.63) is 98.0 Å². The Morgan fingerprint density at radius 3 is 2.42 bits per heavy atom. The lowest BCUT2D eigenvalue weighted by atomic mass is 10.2. The lowest BCUT2D eigenvalue weighted by Gasteiger charge is -2.22. The molecule has 0 aliphatic carbocycles. The largest absolute Gasteiger partial charge is 0.332 e. The molecule has 0 N–H and O–H groups in total. The van der Waals surface area contributed by atoms with Crippen LogP contribution in [0.15, 0.2) is 70.4 Å². The van der Waals surface area contributed by atoms with Crippen molar-refractivity contribution in [2.24, 2.45) is 14.1 Å². The molecule has 31 heavy (non-hydrogen) atoms. The molecule has 4 aromatic rings. The van der Waals surface area contributed by atoms with Gasteiger partial charge in [-0.25, -0.2) is 9.78 Å². The van der Waals surface area contributed by atoms with Gasteiger partial charge in [-0.05, 0) is 48.5 Å². The number of aryl methyl sites for hydroxylation is 1. The highest BCUT2D eigenvalue weighted by atomic mass is 35.5. The number of nitrogens with zero attached hydrogens (tertiary/aromatic N) is 5. The molecule has 3 heterocycles. The monoisotopic (exact) mass is 435 g/mol. The van der Waals surface area contributed by atoms with Crippen molar-refractivity contribution in [1.29, 1.82) is 0 Å². The normalized spacial score (nSPS) is 10.9. The number of halogens is 1. The molecule has 9 heteroatoms. The quantitative estimate of drug-likeness (QED) is 0.491. The summed E-state index contributed by atoms with van der Waals surface area (Å²) in [6.45, 7) is 0.205. The molecule has 0 atom stereocenters. The van der Waals surface area contributed by atoms with E-state index in [2.05, 4.69) is 9.97 Å². The Kier molecular flexibility index (Phi) is 5.39. The number of rotatable bonds is 4. The highest BCUT2D eigenvalue weighted by Gasteiger charge is 2.21. The van der Waals surface area contributed by atoms with Crippen molar-refractivity contribution in [2.75, 3.05) is 4.90 Å². The van der Waals surface area contributed by atoms with Crippen LogP contribution in [-0.4, -0.2) is 25.0 Å². The molecule has 0 bridgehead atoms. The zero-order valence-corrected chi connectivity index (χ0v) is 17.6. The number of pyridine rings is 2. The maximum Gasteiger partial charge on any atom is 0.332 e. The van der Waals surface area contributed by atoms with Crippen molar-refractivity contribution in [1.82, 2.24) is 19.1 Å². The summed E-state index contributed by atoms with van der Waals surface area (Å²) in [6.07, 6.45) is 1.65. The maximum atomic E-state index is 13.5. The zero-order valence-electron chi connectivity index (χ0n) is 16.8. The van der Waals surface area contributed by atoms with Crippen LogP contribution in [0.2, 0.25) is 5.02 Å². The number of anilines is 1. The molecule has 0 spiro atoms. The third-order valence-electron chi connectivity index (χ3n) is 4.95. The summed E-state index contributed by atoms with van der Waals surface area (Å²) < 4.78 is 2.26. The van der Waals surface area contributed by atoms with E-state index in [4.69, 9.17) is 11.6 Å². The second-order valence-corrected chi connectivity index (χ2v) is 7.40. The predicted octanol–water partition coefficient (Wildman–Crippen LogP) is 2.53. The fourth-order valence-corrected chi connectivity index (χ4v) is 3.39. The first-order valence-corrected chi connectivity index (χ1v) is 9.78. The van der Waals surface area contributed by atoms with Crippen LogP contribution in [0.4, 0.5) is 5.69 Å². The third kappa shape index (κ3) is 3.85. The Morgan fingerprint density at radius 1 is 1.00 bits per heavy atom. The fourth-order valence-electron chi connectivity index (χ4n) is 3.27. The molecule has 0 fully saturated rings. The zero-order chi connectivity index (χ0) is 22.1. The fraction of sp³-hybridized carbons (Fsp3) is 0.136. The van der Waals surface area contributed by atoms with E-state index in [1.165, 1.54) is 35.7 Å². The van der Waals surface area contributed by atoms with Gasteiger partial charge in [-0.3, -0.25) is 23.7 Å². The number of benzene rings is 1. The summed E-state index contributed by atoms with van der Waals surface area (Å²) in [4.78, 5) is 48.3. The molecular formula is C22H18ClN5O3. The Balaban J connectivity index is 1.82. The van der Waals surface area contributed by atoms with Crippen LogP contribution in [0.1, 0.15) is 16.2 Å². The number of amides is 1. The van der Waals surface area contributed by atoms with Gasteiger partial charge in [0.15, 0.2) is 0 Å². The minimum absolute atomic E-state index is 0.0987. The topological polar surface area (TPSA) is 90.1 Å². The Morgan fingerprint density at radius 2 is 1.74 bits per heavy atom. The van der Waals surface area contributed by atoms with Crippen molar-refractivity contribution < 1.29 is 4.79 Å². The van der Waals surface area contributed by atoms with E-state index in [1.54, 1.807) is 36.5 Å². The number of hydrogen-bond acceptors (Lipinski definition) is 5. The number of aromatic nitrogens is 4. The van der Waals surface area contributed by atoms with Gasteiger partial charge < -0.3 is 4.90 Å². The van der Waals surface area contributed by atoms with E-state index in [0.717, 1.165) is 4.57 Å². The molecule has 0 aliphatic heterocycles. The van der Waals surface area contributed by atoms with Gasteiger partial charge in [-0.15, -0.1) is 0 Å². The standard InChI is InChI=1S/C22H18ClN5O3/c1-26-19-17(20(29)27(2)22(26)31)10-11-18(25-19)21(30)28(13-15-5-3-4-12-24-15)16-8-6-14(23)7-9-16/h3-12H,13H2,1-2H3. The molecule has 3 aromatic heterocycles.